The van der Waals surface area contributed by atoms with Crippen molar-refractivity contribution in [1.29, 1.82) is 5.41 Å². The summed E-state index contributed by atoms with van der Waals surface area (Å²) >= 11 is 0. The van der Waals surface area contributed by atoms with E-state index < -0.39 is 0 Å². The lowest BCUT2D eigenvalue weighted by Gasteiger charge is -1.94. The second kappa shape index (κ2) is 4.74. The summed E-state index contributed by atoms with van der Waals surface area (Å²) in [5.74, 6) is 0. The third-order valence-electron chi connectivity index (χ3n) is 0.827. The molecule has 0 atom stereocenters. The minimum atomic E-state index is 0.0127. The van der Waals surface area contributed by atoms with Crippen molar-refractivity contribution in [2.75, 3.05) is 13.2 Å². The second-order valence-corrected chi connectivity index (χ2v) is 1.55. The molecule has 0 unspecified atom stereocenters. The van der Waals surface area contributed by atoms with Crippen LogP contribution in [0.15, 0.2) is 0 Å². The molecule has 8 heavy (non-hydrogen) atoms. The molecular weight excluding hydrogens is 106 g/mol. The summed E-state index contributed by atoms with van der Waals surface area (Å²) in [6.07, 6.45) is 0.779. The summed E-state index contributed by atoms with van der Waals surface area (Å²) in [6, 6.07) is 0. The van der Waals surface area contributed by atoms with E-state index >= 15 is 0 Å². The summed E-state index contributed by atoms with van der Waals surface area (Å²) in [4.78, 5) is 0. The minimum Gasteiger partial charge on any atom is -0.396 e. The van der Waals surface area contributed by atoms with Crippen molar-refractivity contribution in [1.82, 2.24) is 0 Å². The van der Waals surface area contributed by atoms with Gasteiger partial charge in [0.15, 0.2) is 0 Å². The van der Waals surface area contributed by atoms with Crippen LogP contribution >= 0.6 is 0 Å². The van der Waals surface area contributed by atoms with E-state index in [-0.39, 0.29) is 13.2 Å². The molecule has 0 aromatic carbocycles. The molecule has 0 rings (SSSR count). The lowest BCUT2D eigenvalue weighted by molar-refractivity contribution is 0.295. The van der Waals surface area contributed by atoms with E-state index in [1.54, 1.807) is 0 Å². The number of hydrogen-bond donors (Lipinski definition) is 3. The van der Waals surface area contributed by atoms with Crippen LogP contribution in [0.3, 0.4) is 0 Å². The smallest absolute Gasteiger partial charge is 0.0483 e. The molecule has 3 heteroatoms. The van der Waals surface area contributed by atoms with E-state index in [1.165, 1.54) is 0 Å². The predicted octanol–water partition coefficient (Wildman–Crippen LogP) is -0.229. The fourth-order valence-corrected chi connectivity index (χ4v) is 0.395. The zero-order chi connectivity index (χ0) is 6.41. The molecule has 0 saturated carbocycles. The Morgan fingerprint density at radius 1 is 1.12 bits per heavy atom. The zero-order valence-corrected chi connectivity index (χ0v) is 4.72. The van der Waals surface area contributed by atoms with Gasteiger partial charge < -0.3 is 15.6 Å². The van der Waals surface area contributed by atoms with Crippen LogP contribution in [0.5, 0.6) is 0 Å². The molecule has 0 aliphatic rings. The van der Waals surface area contributed by atoms with Crippen LogP contribution in [-0.4, -0.2) is 29.1 Å². The van der Waals surface area contributed by atoms with Crippen molar-refractivity contribution < 1.29 is 10.2 Å². The Morgan fingerprint density at radius 2 is 1.50 bits per heavy atom. The highest BCUT2D eigenvalue weighted by Crippen LogP contribution is 1.86. The van der Waals surface area contributed by atoms with Gasteiger partial charge in [0.1, 0.15) is 0 Å². The number of hydrogen-bond acceptors (Lipinski definition) is 3. The highest BCUT2D eigenvalue weighted by atomic mass is 16.3. The van der Waals surface area contributed by atoms with Gasteiger partial charge >= 0.3 is 0 Å². The fraction of sp³-hybridized carbons (Fsp3) is 0.800. The summed E-state index contributed by atoms with van der Waals surface area (Å²) in [7, 11) is 0. The molecule has 0 aliphatic heterocycles. The van der Waals surface area contributed by atoms with E-state index in [2.05, 4.69) is 0 Å². The standard InChI is InChI=1S/C5H11NO2/c6-5(1-3-7)2-4-8/h6-8H,1-4H2. The molecule has 0 amide bonds. The molecule has 0 fully saturated rings. The van der Waals surface area contributed by atoms with Crippen molar-refractivity contribution in [3.8, 4) is 0 Å². The third kappa shape index (κ3) is 3.77. The van der Waals surface area contributed by atoms with Gasteiger partial charge in [0.2, 0.25) is 0 Å². The Hall–Kier alpha value is -0.410. The summed E-state index contributed by atoms with van der Waals surface area (Å²) in [5, 5.41) is 23.5. The number of aliphatic hydroxyl groups excluding tert-OH is 2. The average Bonchev–Trinajstić information content (AvgIpc) is 1.68. The van der Waals surface area contributed by atoms with E-state index in [0.29, 0.717) is 18.6 Å². The van der Waals surface area contributed by atoms with Gasteiger partial charge in [-0.25, -0.2) is 0 Å². The Labute approximate surface area is 48.5 Å². The zero-order valence-electron chi connectivity index (χ0n) is 4.72. The first-order valence-corrected chi connectivity index (χ1v) is 2.59. The molecule has 3 nitrogen and oxygen atoms in total. The van der Waals surface area contributed by atoms with Gasteiger partial charge in [-0.3, -0.25) is 0 Å². The van der Waals surface area contributed by atoms with E-state index in [0.717, 1.165) is 0 Å². The molecule has 0 aromatic rings. The van der Waals surface area contributed by atoms with Gasteiger partial charge in [0.25, 0.3) is 0 Å². The lowest BCUT2D eigenvalue weighted by Crippen LogP contribution is -2.01. The van der Waals surface area contributed by atoms with Crippen LogP contribution in [0, 0.1) is 5.41 Å². The van der Waals surface area contributed by atoms with Gasteiger partial charge in [0.05, 0.1) is 0 Å². The van der Waals surface area contributed by atoms with Crippen LogP contribution in [-0.2, 0) is 0 Å². The van der Waals surface area contributed by atoms with Crippen LogP contribution in [0.4, 0.5) is 0 Å². The van der Waals surface area contributed by atoms with Crippen molar-refractivity contribution in [3.05, 3.63) is 0 Å². The molecular formula is C5H11NO2. The SMILES string of the molecule is N=C(CCO)CCO. The maximum atomic E-state index is 8.24. The Kier molecular flexibility index (Phi) is 4.50. The van der Waals surface area contributed by atoms with E-state index in [4.69, 9.17) is 15.6 Å². The normalized spacial score (nSPS) is 9.25. The van der Waals surface area contributed by atoms with Crippen molar-refractivity contribution >= 4 is 5.71 Å². The Balaban J connectivity index is 3.06. The first kappa shape index (κ1) is 7.59. The molecule has 0 aromatic heterocycles. The molecule has 0 heterocycles. The number of nitrogens with one attached hydrogen (secondary N) is 1. The first-order valence-electron chi connectivity index (χ1n) is 2.59. The molecule has 0 spiro atoms. The summed E-state index contributed by atoms with van der Waals surface area (Å²) in [5.41, 5.74) is 0.412. The quantitative estimate of drug-likeness (QED) is 0.445. The fourth-order valence-electron chi connectivity index (χ4n) is 0.395. The highest BCUT2D eigenvalue weighted by Gasteiger charge is 1.91. The van der Waals surface area contributed by atoms with Crippen LogP contribution in [0.1, 0.15) is 12.8 Å². The number of rotatable bonds is 4. The van der Waals surface area contributed by atoms with Crippen molar-refractivity contribution in [2.24, 2.45) is 0 Å². The van der Waals surface area contributed by atoms with Crippen molar-refractivity contribution in [3.63, 3.8) is 0 Å². The minimum absolute atomic E-state index is 0.0127. The van der Waals surface area contributed by atoms with Gasteiger partial charge in [0, 0.05) is 31.8 Å². The predicted molar refractivity (Wildman–Crippen MR) is 31.1 cm³/mol. The Bertz CT molecular complexity index is 64.8. The van der Waals surface area contributed by atoms with Crippen molar-refractivity contribution in [2.45, 2.75) is 12.8 Å². The van der Waals surface area contributed by atoms with Crippen LogP contribution in [0.2, 0.25) is 0 Å². The van der Waals surface area contributed by atoms with Crippen LogP contribution < -0.4 is 0 Å². The second-order valence-electron chi connectivity index (χ2n) is 1.55. The van der Waals surface area contributed by atoms with E-state index in [9.17, 15) is 0 Å². The largest absolute Gasteiger partial charge is 0.396 e. The van der Waals surface area contributed by atoms with Gasteiger partial charge in [-0.2, -0.15) is 0 Å². The topological polar surface area (TPSA) is 64.3 Å². The van der Waals surface area contributed by atoms with Gasteiger partial charge in [-0.15, -0.1) is 0 Å². The van der Waals surface area contributed by atoms with Gasteiger partial charge in [-0.1, -0.05) is 0 Å². The molecule has 3 N–H and O–H groups in total. The molecule has 0 bridgehead atoms. The number of aliphatic hydroxyl groups is 2. The maximum absolute atomic E-state index is 8.24. The Morgan fingerprint density at radius 3 is 1.75 bits per heavy atom. The van der Waals surface area contributed by atoms with E-state index in [1.807, 2.05) is 0 Å². The monoisotopic (exact) mass is 117 g/mol. The summed E-state index contributed by atoms with van der Waals surface area (Å²) < 4.78 is 0. The molecule has 0 saturated heterocycles. The third-order valence-corrected chi connectivity index (χ3v) is 0.827. The maximum Gasteiger partial charge on any atom is 0.0483 e. The molecule has 48 valence electrons. The molecule has 0 radical (unpaired) electrons. The van der Waals surface area contributed by atoms with Crippen LogP contribution in [0.25, 0.3) is 0 Å². The molecule has 0 aliphatic carbocycles. The highest BCUT2D eigenvalue weighted by molar-refractivity contribution is 5.81. The summed E-state index contributed by atoms with van der Waals surface area (Å²) in [6.45, 7) is 0.0255. The lowest BCUT2D eigenvalue weighted by atomic mass is 10.2. The van der Waals surface area contributed by atoms with Gasteiger partial charge in [-0.05, 0) is 0 Å². The first-order chi connectivity index (χ1) is 3.81. The average molecular weight is 117 g/mol.